The first-order chi connectivity index (χ1) is 11.6. The van der Waals surface area contributed by atoms with E-state index in [2.05, 4.69) is 24.3 Å². The standard InChI is InChI=1S/C18H24NO4P/c1-21-24(2,20)23-14-13-22-19(15-17-9-5-3-6-10-17)16-18-11-7-4-8-12-18/h3-12H,13-16H2,1-2H3. The second-order valence-corrected chi connectivity index (χ2v) is 7.56. The second kappa shape index (κ2) is 9.72. The summed E-state index contributed by atoms with van der Waals surface area (Å²) in [5.74, 6) is 0. The first-order valence-electron chi connectivity index (χ1n) is 7.82. The molecule has 0 saturated carbocycles. The molecule has 0 saturated heterocycles. The summed E-state index contributed by atoms with van der Waals surface area (Å²) in [5.41, 5.74) is 2.32. The Morgan fingerprint density at radius 1 is 0.875 bits per heavy atom. The summed E-state index contributed by atoms with van der Waals surface area (Å²) in [4.78, 5) is 5.82. The summed E-state index contributed by atoms with van der Waals surface area (Å²) in [5, 5.41) is 1.88. The van der Waals surface area contributed by atoms with Crippen LogP contribution in [-0.2, 0) is 31.5 Å². The third kappa shape index (κ3) is 6.95. The molecule has 24 heavy (non-hydrogen) atoms. The maximum absolute atomic E-state index is 11.7. The molecule has 0 aliphatic heterocycles. The van der Waals surface area contributed by atoms with Crippen molar-refractivity contribution in [2.24, 2.45) is 0 Å². The lowest BCUT2D eigenvalue weighted by Gasteiger charge is -2.22. The van der Waals surface area contributed by atoms with E-state index in [9.17, 15) is 4.57 Å². The molecule has 0 bridgehead atoms. The van der Waals surface area contributed by atoms with Crippen LogP contribution in [0, 0.1) is 0 Å². The molecule has 1 atom stereocenters. The van der Waals surface area contributed by atoms with E-state index in [0.717, 1.165) is 11.1 Å². The normalized spacial score (nSPS) is 13.8. The van der Waals surface area contributed by atoms with Gasteiger partial charge in [0.05, 0.1) is 13.2 Å². The van der Waals surface area contributed by atoms with Crippen LogP contribution >= 0.6 is 7.60 Å². The number of rotatable bonds is 10. The third-order valence-electron chi connectivity index (χ3n) is 3.42. The molecule has 0 aromatic heterocycles. The summed E-state index contributed by atoms with van der Waals surface area (Å²) in [6, 6.07) is 20.2. The molecule has 0 fully saturated rings. The van der Waals surface area contributed by atoms with E-state index >= 15 is 0 Å². The number of hydrogen-bond donors (Lipinski definition) is 0. The van der Waals surface area contributed by atoms with E-state index in [1.165, 1.54) is 13.8 Å². The van der Waals surface area contributed by atoms with Crippen molar-refractivity contribution in [1.29, 1.82) is 0 Å². The van der Waals surface area contributed by atoms with Crippen LogP contribution in [0.1, 0.15) is 11.1 Å². The van der Waals surface area contributed by atoms with Crippen LogP contribution in [0.5, 0.6) is 0 Å². The zero-order valence-corrected chi connectivity index (χ0v) is 15.0. The summed E-state index contributed by atoms with van der Waals surface area (Å²) in [6.45, 7) is 3.27. The molecule has 1 unspecified atom stereocenters. The van der Waals surface area contributed by atoms with Crippen LogP contribution in [-0.4, -0.2) is 32.1 Å². The van der Waals surface area contributed by atoms with Crippen LogP contribution in [0.3, 0.4) is 0 Å². The van der Waals surface area contributed by atoms with Crippen molar-refractivity contribution < 1.29 is 18.5 Å². The molecule has 2 rings (SSSR count). The van der Waals surface area contributed by atoms with Gasteiger partial charge in [0.25, 0.3) is 0 Å². The van der Waals surface area contributed by atoms with Crippen LogP contribution in [0.4, 0.5) is 0 Å². The Kier molecular flexibility index (Phi) is 7.63. The second-order valence-electron chi connectivity index (χ2n) is 5.39. The topological polar surface area (TPSA) is 48.0 Å². The van der Waals surface area contributed by atoms with E-state index in [-0.39, 0.29) is 6.61 Å². The first-order valence-corrected chi connectivity index (χ1v) is 9.81. The lowest BCUT2D eigenvalue weighted by molar-refractivity contribution is -0.179. The minimum Gasteiger partial charge on any atom is -0.312 e. The predicted octanol–water partition coefficient (Wildman–Crippen LogP) is 4.11. The highest BCUT2D eigenvalue weighted by Gasteiger charge is 2.14. The quantitative estimate of drug-likeness (QED) is 0.367. The van der Waals surface area contributed by atoms with Gasteiger partial charge in [0.2, 0.25) is 0 Å². The Balaban J connectivity index is 1.91. The first kappa shape index (κ1) is 18.8. The molecule has 0 amide bonds. The summed E-state index contributed by atoms with van der Waals surface area (Å²) < 4.78 is 21.7. The molecule has 0 spiro atoms. The smallest absolute Gasteiger partial charge is 0.312 e. The highest BCUT2D eigenvalue weighted by Crippen LogP contribution is 2.42. The van der Waals surface area contributed by atoms with Gasteiger partial charge in [0, 0.05) is 26.9 Å². The lowest BCUT2D eigenvalue weighted by Crippen LogP contribution is -2.25. The van der Waals surface area contributed by atoms with Gasteiger partial charge in [0.1, 0.15) is 0 Å². The molecule has 2 aromatic rings. The van der Waals surface area contributed by atoms with E-state index in [1.54, 1.807) is 0 Å². The average Bonchev–Trinajstić information content (AvgIpc) is 2.60. The Labute approximate surface area is 143 Å². The van der Waals surface area contributed by atoms with Crippen LogP contribution in [0.2, 0.25) is 0 Å². The van der Waals surface area contributed by atoms with E-state index < -0.39 is 7.60 Å². The van der Waals surface area contributed by atoms with Crippen molar-refractivity contribution in [3.8, 4) is 0 Å². The van der Waals surface area contributed by atoms with Crippen LogP contribution < -0.4 is 0 Å². The minimum atomic E-state index is -2.96. The minimum absolute atomic E-state index is 0.210. The van der Waals surface area contributed by atoms with Gasteiger partial charge in [-0.1, -0.05) is 60.7 Å². The zero-order valence-electron chi connectivity index (χ0n) is 14.1. The Morgan fingerprint density at radius 3 is 1.83 bits per heavy atom. The van der Waals surface area contributed by atoms with Crippen molar-refractivity contribution in [3.05, 3.63) is 71.8 Å². The lowest BCUT2D eigenvalue weighted by atomic mass is 10.2. The predicted molar refractivity (Wildman–Crippen MR) is 94.6 cm³/mol. The fraction of sp³-hybridized carbons (Fsp3) is 0.333. The van der Waals surface area contributed by atoms with Gasteiger partial charge in [-0.3, -0.25) is 9.40 Å². The van der Waals surface area contributed by atoms with Crippen molar-refractivity contribution in [1.82, 2.24) is 5.06 Å². The zero-order chi connectivity index (χ0) is 17.3. The van der Waals surface area contributed by atoms with Crippen LogP contribution in [0.15, 0.2) is 60.7 Å². The van der Waals surface area contributed by atoms with Gasteiger partial charge in [0.15, 0.2) is 0 Å². The van der Waals surface area contributed by atoms with Gasteiger partial charge >= 0.3 is 7.60 Å². The van der Waals surface area contributed by atoms with Crippen molar-refractivity contribution in [2.75, 3.05) is 27.0 Å². The van der Waals surface area contributed by atoms with Gasteiger partial charge in [-0.05, 0) is 11.1 Å². The molecule has 0 heterocycles. The molecular formula is C18H24NO4P. The molecular weight excluding hydrogens is 325 g/mol. The van der Waals surface area contributed by atoms with E-state index in [0.29, 0.717) is 19.7 Å². The summed E-state index contributed by atoms with van der Waals surface area (Å²) in [6.07, 6.45) is 0. The maximum Gasteiger partial charge on any atom is 0.327 e. The molecule has 0 aliphatic rings. The molecule has 0 N–H and O–H groups in total. The number of benzene rings is 2. The Bertz CT molecular complexity index is 594. The largest absolute Gasteiger partial charge is 0.327 e. The summed E-state index contributed by atoms with van der Waals surface area (Å²) in [7, 11) is -1.59. The average molecular weight is 349 g/mol. The molecule has 130 valence electrons. The third-order valence-corrected chi connectivity index (χ3v) is 4.73. The van der Waals surface area contributed by atoms with Gasteiger partial charge in [-0.15, -0.1) is 0 Å². The van der Waals surface area contributed by atoms with E-state index in [1.807, 2.05) is 41.5 Å². The summed E-state index contributed by atoms with van der Waals surface area (Å²) >= 11 is 0. The molecule has 0 aliphatic carbocycles. The Hall–Kier alpha value is -1.49. The van der Waals surface area contributed by atoms with Crippen LogP contribution in [0.25, 0.3) is 0 Å². The van der Waals surface area contributed by atoms with Gasteiger partial charge in [-0.25, -0.2) is 0 Å². The Morgan fingerprint density at radius 2 is 1.38 bits per heavy atom. The fourth-order valence-corrected chi connectivity index (χ4v) is 2.66. The van der Waals surface area contributed by atoms with Gasteiger partial charge in [-0.2, -0.15) is 5.06 Å². The van der Waals surface area contributed by atoms with E-state index in [4.69, 9.17) is 13.9 Å². The molecule has 0 radical (unpaired) electrons. The van der Waals surface area contributed by atoms with Crippen molar-refractivity contribution in [2.45, 2.75) is 13.1 Å². The number of nitrogens with zero attached hydrogens (tertiary/aromatic N) is 1. The number of hydroxylamine groups is 2. The molecule has 5 nitrogen and oxygen atoms in total. The molecule has 2 aromatic carbocycles. The van der Waals surface area contributed by atoms with Gasteiger partial charge < -0.3 is 9.05 Å². The van der Waals surface area contributed by atoms with Crippen molar-refractivity contribution in [3.63, 3.8) is 0 Å². The monoisotopic (exact) mass is 349 g/mol. The maximum atomic E-state index is 11.7. The highest BCUT2D eigenvalue weighted by atomic mass is 31.2. The fourth-order valence-electron chi connectivity index (χ4n) is 2.14. The number of hydrogen-bond acceptors (Lipinski definition) is 5. The SMILES string of the molecule is COP(C)(=O)OCCON(Cc1ccccc1)Cc1ccccc1. The van der Waals surface area contributed by atoms with Crippen molar-refractivity contribution >= 4 is 7.60 Å². The highest BCUT2D eigenvalue weighted by molar-refractivity contribution is 7.52. The molecule has 6 heteroatoms.